The third-order valence-electron chi connectivity index (χ3n) is 2.84. The molecule has 7 heteroatoms. The minimum Gasteiger partial charge on any atom is -0.312 e. The van der Waals surface area contributed by atoms with Crippen molar-refractivity contribution in [3.8, 4) is 0 Å². The molecule has 2 rings (SSSR count). The van der Waals surface area contributed by atoms with Crippen LogP contribution in [0, 0.1) is 0 Å². The molecule has 1 aromatic rings. The van der Waals surface area contributed by atoms with Crippen molar-refractivity contribution in [1.82, 2.24) is 4.89 Å². The Labute approximate surface area is 106 Å². The number of sulfonamides is 1. The van der Waals surface area contributed by atoms with Gasteiger partial charge in [0.2, 0.25) is 5.91 Å². The summed E-state index contributed by atoms with van der Waals surface area (Å²) in [6.07, 6.45) is 0.743. The summed E-state index contributed by atoms with van der Waals surface area (Å²) < 4.78 is 23.5. The maximum atomic E-state index is 11.8. The van der Waals surface area contributed by atoms with Gasteiger partial charge in [-0.2, -0.15) is 0 Å². The molecule has 18 heavy (non-hydrogen) atoms. The molecule has 0 bridgehead atoms. The van der Waals surface area contributed by atoms with E-state index in [4.69, 9.17) is 0 Å². The van der Waals surface area contributed by atoms with E-state index in [1.807, 2.05) is 4.89 Å². The Hall–Kier alpha value is -1.44. The number of carbonyl (C=O) groups is 1. The standard InChI is InChI=1S/C11H14N2O4S/c1-8(14)13-6-5-9-3-4-10(7-11(9)13)18(15,16)12-17-2/h3-4,7,12H,5-6H2,1-2H3. The van der Waals surface area contributed by atoms with Crippen molar-refractivity contribution in [2.24, 2.45) is 0 Å². The maximum absolute atomic E-state index is 11.8. The van der Waals surface area contributed by atoms with E-state index in [1.165, 1.54) is 26.2 Å². The van der Waals surface area contributed by atoms with Crippen LogP contribution < -0.4 is 9.79 Å². The molecule has 1 aliphatic heterocycles. The second-order valence-corrected chi connectivity index (χ2v) is 5.65. The highest BCUT2D eigenvalue weighted by atomic mass is 32.2. The molecule has 0 aromatic heterocycles. The van der Waals surface area contributed by atoms with Gasteiger partial charge in [0.1, 0.15) is 0 Å². The zero-order chi connectivity index (χ0) is 13.3. The Morgan fingerprint density at radius 1 is 1.44 bits per heavy atom. The van der Waals surface area contributed by atoms with Gasteiger partial charge < -0.3 is 4.90 Å². The van der Waals surface area contributed by atoms with E-state index >= 15 is 0 Å². The van der Waals surface area contributed by atoms with Gasteiger partial charge in [-0.1, -0.05) is 11.0 Å². The van der Waals surface area contributed by atoms with E-state index in [0.29, 0.717) is 12.2 Å². The van der Waals surface area contributed by atoms with Gasteiger partial charge in [-0.05, 0) is 24.1 Å². The minimum absolute atomic E-state index is 0.0799. The summed E-state index contributed by atoms with van der Waals surface area (Å²) in [5.74, 6) is -0.0944. The first kappa shape index (κ1) is 13.0. The number of amides is 1. The predicted octanol–water partition coefficient (Wildman–Crippen LogP) is 0.435. The molecule has 0 fully saturated rings. The number of hydrogen-bond donors (Lipinski definition) is 1. The van der Waals surface area contributed by atoms with E-state index in [1.54, 1.807) is 11.0 Å². The summed E-state index contributed by atoms with van der Waals surface area (Å²) in [5, 5.41) is 0. The fourth-order valence-corrected chi connectivity index (χ4v) is 2.84. The fraction of sp³-hybridized carbons (Fsp3) is 0.364. The molecule has 1 N–H and O–H groups in total. The topological polar surface area (TPSA) is 75.7 Å². The van der Waals surface area contributed by atoms with Crippen molar-refractivity contribution in [2.45, 2.75) is 18.2 Å². The second-order valence-electron chi connectivity index (χ2n) is 4.00. The Morgan fingerprint density at radius 2 is 2.17 bits per heavy atom. The van der Waals surface area contributed by atoms with Crippen LogP contribution in [0.25, 0.3) is 0 Å². The van der Waals surface area contributed by atoms with Gasteiger partial charge in [-0.25, -0.2) is 8.42 Å². The van der Waals surface area contributed by atoms with Crippen LogP contribution >= 0.6 is 0 Å². The van der Waals surface area contributed by atoms with Crippen molar-refractivity contribution in [3.05, 3.63) is 23.8 Å². The van der Waals surface area contributed by atoms with Crippen molar-refractivity contribution >= 4 is 21.6 Å². The molecule has 0 saturated carbocycles. The average molecular weight is 270 g/mol. The van der Waals surface area contributed by atoms with Crippen LogP contribution in [0.1, 0.15) is 12.5 Å². The molecule has 1 aromatic carbocycles. The minimum atomic E-state index is -3.69. The van der Waals surface area contributed by atoms with Gasteiger partial charge in [0, 0.05) is 19.2 Å². The summed E-state index contributed by atoms with van der Waals surface area (Å²) in [5.41, 5.74) is 1.63. The number of fused-ring (bicyclic) bond motifs is 1. The van der Waals surface area contributed by atoms with Crippen LogP contribution in [-0.2, 0) is 26.1 Å². The molecule has 0 atom stereocenters. The van der Waals surface area contributed by atoms with E-state index in [-0.39, 0.29) is 10.8 Å². The normalized spacial score (nSPS) is 14.7. The van der Waals surface area contributed by atoms with Crippen LogP contribution in [-0.4, -0.2) is 28.0 Å². The summed E-state index contributed by atoms with van der Waals surface area (Å²) in [7, 11) is -2.46. The van der Waals surface area contributed by atoms with Crippen LogP contribution in [0.15, 0.2) is 23.1 Å². The quantitative estimate of drug-likeness (QED) is 0.808. The van der Waals surface area contributed by atoms with Crippen molar-refractivity contribution < 1.29 is 18.0 Å². The number of hydrogen-bond acceptors (Lipinski definition) is 4. The number of nitrogens with zero attached hydrogens (tertiary/aromatic N) is 1. The first-order chi connectivity index (χ1) is 8.45. The number of anilines is 1. The molecule has 98 valence electrons. The first-order valence-corrected chi connectivity index (χ1v) is 6.90. The molecule has 0 spiro atoms. The van der Waals surface area contributed by atoms with Gasteiger partial charge in [0.05, 0.1) is 12.0 Å². The molecule has 6 nitrogen and oxygen atoms in total. The first-order valence-electron chi connectivity index (χ1n) is 5.41. The van der Waals surface area contributed by atoms with Gasteiger partial charge in [-0.3, -0.25) is 9.63 Å². The largest absolute Gasteiger partial charge is 0.312 e. The lowest BCUT2D eigenvalue weighted by Crippen LogP contribution is -2.26. The van der Waals surface area contributed by atoms with E-state index in [9.17, 15) is 13.2 Å². The lowest BCUT2D eigenvalue weighted by molar-refractivity contribution is -0.116. The number of carbonyl (C=O) groups excluding carboxylic acids is 1. The molecular weight excluding hydrogens is 256 g/mol. The lowest BCUT2D eigenvalue weighted by Gasteiger charge is -2.15. The zero-order valence-electron chi connectivity index (χ0n) is 10.1. The number of benzene rings is 1. The molecule has 1 heterocycles. The second kappa shape index (κ2) is 4.68. The summed E-state index contributed by atoms with van der Waals surface area (Å²) in [4.78, 5) is 19.5. The Kier molecular flexibility index (Phi) is 3.38. The summed E-state index contributed by atoms with van der Waals surface area (Å²) in [6.45, 7) is 2.05. The summed E-state index contributed by atoms with van der Waals surface area (Å²) in [6, 6.07) is 4.72. The van der Waals surface area contributed by atoms with Crippen LogP contribution in [0.5, 0.6) is 0 Å². The van der Waals surface area contributed by atoms with E-state index in [0.717, 1.165) is 12.0 Å². The highest BCUT2D eigenvalue weighted by Crippen LogP contribution is 2.30. The monoisotopic (exact) mass is 270 g/mol. The number of nitrogens with one attached hydrogen (secondary N) is 1. The molecule has 1 aliphatic rings. The zero-order valence-corrected chi connectivity index (χ0v) is 11.0. The molecule has 0 radical (unpaired) electrons. The SMILES string of the molecule is CONS(=O)(=O)c1ccc2c(c1)N(C(C)=O)CC2. The van der Waals surface area contributed by atoms with Crippen molar-refractivity contribution in [1.29, 1.82) is 0 Å². The highest BCUT2D eigenvalue weighted by molar-refractivity contribution is 7.89. The predicted molar refractivity (Wildman–Crippen MR) is 65.5 cm³/mol. The van der Waals surface area contributed by atoms with Gasteiger partial charge in [-0.15, -0.1) is 0 Å². The van der Waals surface area contributed by atoms with Crippen LogP contribution in [0.4, 0.5) is 5.69 Å². The van der Waals surface area contributed by atoms with E-state index < -0.39 is 10.0 Å². The number of rotatable bonds is 3. The molecule has 1 amide bonds. The van der Waals surface area contributed by atoms with Crippen LogP contribution in [0.2, 0.25) is 0 Å². The maximum Gasteiger partial charge on any atom is 0.262 e. The molecule has 0 unspecified atom stereocenters. The summed E-state index contributed by atoms with van der Waals surface area (Å²) >= 11 is 0. The molecular formula is C11H14N2O4S. The third kappa shape index (κ3) is 2.24. The Bertz CT molecular complexity index is 583. The highest BCUT2D eigenvalue weighted by Gasteiger charge is 2.24. The van der Waals surface area contributed by atoms with Gasteiger partial charge in [0.25, 0.3) is 10.0 Å². The molecule has 0 saturated heterocycles. The average Bonchev–Trinajstić information content (AvgIpc) is 2.71. The Morgan fingerprint density at radius 3 is 2.78 bits per heavy atom. The van der Waals surface area contributed by atoms with Crippen molar-refractivity contribution in [2.75, 3.05) is 18.6 Å². The Balaban J connectivity index is 2.44. The fourth-order valence-electron chi connectivity index (χ4n) is 2.01. The van der Waals surface area contributed by atoms with E-state index in [2.05, 4.69) is 4.84 Å². The lowest BCUT2D eigenvalue weighted by atomic mass is 10.2. The van der Waals surface area contributed by atoms with Crippen LogP contribution in [0.3, 0.4) is 0 Å². The molecule has 0 aliphatic carbocycles. The van der Waals surface area contributed by atoms with Gasteiger partial charge in [0.15, 0.2) is 0 Å². The smallest absolute Gasteiger partial charge is 0.262 e. The van der Waals surface area contributed by atoms with Gasteiger partial charge >= 0.3 is 0 Å². The van der Waals surface area contributed by atoms with Crippen molar-refractivity contribution in [3.63, 3.8) is 0 Å². The third-order valence-corrected chi connectivity index (χ3v) is 4.10.